The van der Waals surface area contributed by atoms with Crippen molar-refractivity contribution in [1.82, 2.24) is 0 Å². The molecule has 0 fully saturated rings. The fraction of sp³-hybridized carbons (Fsp3) is 0.222. The summed E-state index contributed by atoms with van der Waals surface area (Å²) >= 11 is 1.07. The molecule has 0 aliphatic carbocycles. The smallest absolute Gasteiger partial charge is 0.416 e. The Morgan fingerprint density at radius 2 is 2.04 bits per heavy atom. The van der Waals surface area contributed by atoms with Crippen molar-refractivity contribution in [3.8, 4) is 5.75 Å². The average Bonchev–Trinajstić information content (AvgIpc) is 2.61. The maximum absolute atomic E-state index is 12.8. The van der Waals surface area contributed by atoms with Gasteiger partial charge in [-0.15, -0.1) is 11.8 Å². The number of benzene rings is 2. The second-order valence-electron chi connectivity index (χ2n) is 5.79. The Balaban J connectivity index is 1.68. The first-order valence-corrected chi connectivity index (χ1v) is 8.77. The standard InChI is InChI=1S/C18H15F3N2O3S/c1-26-12-4-2-3-11(8-12)22-16(24)9-15-17(25)23-13-7-10(18(19,20)21)5-6-14(13)27-15/h2-8,15H,9H2,1H3,(H,22,24)(H,23,25). The molecule has 0 bridgehead atoms. The van der Waals surface area contributed by atoms with E-state index in [1.54, 1.807) is 24.3 Å². The third kappa shape index (κ3) is 4.54. The summed E-state index contributed by atoms with van der Waals surface area (Å²) in [6, 6.07) is 9.92. The number of alkyl halides is 3. The molecule has 0 saturated heterocycles. The lowest BCUT2D eigenvalue weighted by Crippen LogP contribution is -2.32. The molecule has 1 aliphatic heterocycles. The Labute approximate surface area is 157 Å². The summed E-state index contributed by atoms with van der Waals surface area (Å²) in [6.45, 7) is 0. The zero-order valence-electron chi connectivity index (χ0n) is 14.1. The first-order chi connectivity index (χ1) is 12.8. The Hall–Kier alpha value is -2.68. The van der Waals surface area contributed by atoms with Gasteiger partial charge in [-0.3, -0.25) is 9.59 Å². The van der Waals surface area contributed by atoms with Gasteiger partial charge in [0.05, 0.1) is 23.6 Å². The number of rotatable bonds is 4. The number of hydrogen-bond donors (Lipinski definition) is 2. The minimum absolute atomic E-state index is 0.101. The molecule has 2 N–H and O–H groups in total. The second kappa shape index (κ2) is 7.51. The first-order valence-electron chi connectivity index (χ1n) is 7.89. The molecule has 1 atom stereocenters. The van der Waals surface area contributed by atoms with Crippen LogP contribution >= 0.6 is 11.8 Å². The average molecular weight is 396 g/mol. The van der Waals surface area contributed by atoms with Crippen molar-refractivity contribution in [3.63, 3.8) is 0 Å². The van der Waals surface area contributed by atoms with Gasteiger partial charge >= 0.3 is 6.18 Å². The highest BCUT2D eigenvalue weighted by atomic mass is 32.2. The lowest BCUT2D eigenvalue weighted by atomic mass is 10.1. The normalized spacial score (nSPS) is 16.3. The Morgan fingerprint density at radius 1 is 1.26 bits per heavy atom. The Kier molecular flexibility index (Phi) is 5.31. The quantitative estimate of drug-likeness (QED) is 0.815. The molecule has 3 rings (SSSR count). The SMILES string of the molecule is COc1cccc(NC(=O)CC2Sc3ccc(C(F)(F)F)cc3NC2=O)c1. The van der Waals surface area contributed by atoms with E-state index < -0.39 is 22.9 Å². The molecule has 1 aliphatic rings. The van der Waals surface area contributed by atoms with Gasteiger partial charge in [-0.2, -0.15) is 13.2 Å². The van der Waals surface area contributed by atoms with Crippen LogP contribution < -0.4 is 15.4 Å². The lowest BCUT2D eigenvalue weighted by Gasteiger charge is -2.24. The van der Waals surface area contributed by atoms with Gasteiger partial charge in [-0.1, -0.05) is 6.07 Å². The van der Waals surface area contributed by atoms with E-state index >= 15 is 0 Å². The molecule has 1 unspecified atom stereocenters. The maximum Gasteiger partial charge on any atom is 0.416 e. The van der Waals surface area contributed by atoms with Crippen LogP contribution in [0.4, 0.5) is 24.5 Å². The molecule has 2 aromatic carbocycles. The monoisotopic (exact) mass is 396 g/mol. The summed E-state index contributed by atoms with van der Waals surface area (Å²) in [5, 5.41) is 4.39. The minimum atomic E-state index is -4.49. The number of halogens is 3. The van der Waals surface area contributed by atoms with Crippen LogP contribution in [0.1, 0.15) is 12.0 Å². The molecule has 0 radical (unpaired) electrons. The van der Waals surface area contributed by atoms with Crippen LogP contribution in [0.2, 0.25) is 0 Å². The largest absolute Gasteiger partial charge is 0.497 e. The van der Waals surface area contributed by atoms with Crippen molar-refractivity contribution < 1.29 is 27.5 Å². The van der Waals surface area contributed by atoms with Gasteiger partial charge in [0, 0.05) is 23.1 Å². The molecule has 142 valence electrons. The highest BCUT2D eigenvalue weighted by Crippen LogP contribution is 2.40. The Morgan fingerprint density at radius 3 is 2.74 bits per heavy atom. The Bertz CT molecular complexity index is 886. The third-order valence-corrected chi connectivity index (χ3v) is 5.13. The van der Waals surface area contributed by atoms with Crippen molar-refractivity contribution >= 4 is 35.0 Å². The number of anilines is 2. The molecule has 0 saturated carbocycles. The molecule has 0 aromatic heterocycles. The molecule has 1 heterocycles. The van der Waals surface area contributed by atoms with E-state index in [9.17, 15) is 22.8 Å². The molecular formula is C18H15F3N2O3S. The molecule has 27 heavy (non-hydrogen) atoms. The van der Waals surface area contributed by atoms with Gasteiger partial charge in [0.2, 0.25) is 11.8 Å². The van der Waals surface area contributed by atoms with E-state index in [0.29, 0.717) is 16.3 Å². The van der Waals surface area contributed by atoms with Crippen molar-refractivity contribution in [2.75, 3.05) is 17.7 Å². The van der Waals surface area contributed by atoms with Crippen LogP contribution in [0.25, 0.3) is 0 Å². The summed E-state index contributed by atoms with van der Waals surface area (Å²) in [7, 11) is 1.51. The van der Waals surface area contributed by atoms with E-state index in [0.717, 1.165) is 23.9 Å². The van der Waals surface area contributed by atoms with Gasteiger partial charge in [-0.25, -0.2) is 0 Å². The topological polar surface area (TPSA) is 67.4 Å². The predicted octanol–water partition coefficient (Wildman–Crippen LogP) is 4.16. The lowest BCUT2D eigenvalue weighted by molar-refractivity contribution is -0.137. The fourth-order valence-electron chi connectivity index (χ4n) is 2.54. The van der Waals surface area contributed by atoms with E-state index in [2.05, 4.69) is 10.6 Å². The zero-order valence-corrected chi connectivity index (χ0v) is 14.9. The molecule has 2 amide bonds. The van der Waals surface area contributed by atoms with Crippen LogP contribution in [0.5, 0.6) is 5.75 Å². The van der Waals surface area contributed by atoms with Crippen molar-refractivity contribution in [3.05, 3.63) is 48.0 Å². The second-order valence-corrected chi connectivity index (χ2v) is 7.03. The summed E-state index contributed by atoms with van der Waals surface area (Å²) in [6.07, 6.45) is -4.61. The number of amides is 2. The third-order valence-electron chi connectivity index (χ3n) is 3.85. The molecule has 2 aromatic rings. The number of hydrogen-bond acceptors (Lipinski definition) is 4. The van der Waals surface area contributed by atoms with Crippen LogP contribution in [0, 0.1) is 0 Å². The van der Waals surface area contributed by atoms with Gasteiger partial charge < -0.3 is 15.4 Å². The highest BCUT2D eigenvalue weighted by Gasteiger charge is 2.34. The van der Waals surface area contributed by atoms with Crippen molar-refractivity contribution in [2.24, 2.45) is 0 Å². The fourth-order valence-corrected chi connectivity index (χ4v) is 3.63. The van der Waals surface area contributed by atoms with Gasteiger partial charge in [-0.05, 0) is 30.3 Å². The molecule has 9 heteroatoms. The van der Waals surface area contributed by atoms with E-state index in [1.807, 2.05) is 0 Å². The van der Waals surface area contributed by atoms with Crippen LogP contribution in [0.3, 0.4) is 0 Å². The summed E-state index contributed by atoms with van der Waals surface area (Å²) in [5.41, 5.74) is -0.212. The first kappa shape index (κ1) is 19.1. The van der Waals surface area contributed by atoms with Crippen LogP contribution in [0.15, 0.2) is 47.4 Å². The van der Waals surface area contributed by atoms with Crippen molar-refractivity contribution in [2.45, 2.75) is 22.7 Å². The van der Waals surface area contributed by atoms with Crippen LogP contribution in [-0.2, 0) is 15.8 Å². The highest BCUT2D eigenvalue weighted by molar-refractivity contribution is 8.01. The van der Waals surface area contributed by atoms with Crippen molar-refractivity contribution in [1.29, 1.82) is 0 Å². The number of carbonyl (C=O) groups is 2. The van der Waals surface area contributed by atoms with E-state index in [-0.39, 0.29) is 18.0 Å². The zero-order chi connectivity index (χ0) is 19.6. The summed E-state index contributed by atoms with van der Waals surface area (Å²) in [4.78, 5) is 24.9. The predicted molar refractivity (Wildman–Crippen MR) is 96.0 cm³/mol. The summed E-state index contributed by atoms with van der Waals surface area (Å²) in [5.74, 6) is -0.314. The van der Waals surface area contributed by atoms with Gasteiger partial charge in [0.25, 0.3) is 0 Å². The molecule has 0 spiro atoms. The molecule has 5 nitrogen and oxygen atoms in total. The number of nitrogens with one attached hydrogen (secondary N) is 2. The minimum Gasteiger partial charge on any atom is -0.497 e. The van der Waals surface area contributed by atoms with Gasteiger partial charge in [0.1, 0.15) is 5.75 Å². The van der Waals surface area contributed by atoms with E-state index in [1.165, 1.54) is 13.2 Å². The number of fused-ring (bicyclic) bond motifs is 1. The van der Waals surface area contributed by atoms with Gasteiger partial charge in [0.15, 0.2) is 0 Å². The van der Waals surface area contributed by atoms with E-state index in [4.69, 9.17) is 4.74 Å². The molecular weight excluding hydrogens is 381 g/mol. The number of thioether (sulfide) groups is 1. The maximum atomic E-state index is 12.8. The summed E-state index contributed by atoms with van der Waals surface area (Å²) < 4.78 is 43.4. The van der Waals surface area contributed by atoms with Crippen LogP contribution in [-0.4, -0.2) is 24.2 Å². The number of methoxy groups -OCH3 is 1. The number of carbonyl (C=O) groups excluding carboxylic acids is 2. The number of ether oxygens (including phenoxy) is 1.